The van der Waals surface area contributed by atoms with Gasteiger partial charge in [0, 0.05) is 37.1 Å². The third-order valence-electron chi connectivity index (χ3n) is 6.64. The molecule has 1 fully saturated rings. The molecule has 1 N–H and O–H groups in total. The van der Waals surface area contributed by atoms with E-state index in [4.69, 9.17) is 4.52 Å². The van der Waals surface area contributed by atoms with Gasteiger partial charge in [-0.15, -0.1) is 0 Å². The van der Waals surface area contributed by atoms with Gasteiger partial charge in [-0.1, -0.05) is 11.2 Å². The van der Waals surface area contributed by atoms with Crippen molar-refractivity contribution in [1.29, 1.82) is 0 Å². The number of piperidine rings is 1. The molecule has 4 aromatic rings. The fourth-order valence-electron chi connectivity index (χ4n) is 4.53. The van der Waals surface area contributed by atoms with Crippen LogP contribution in [0.4, 0.5) is 23.2 Å². The number of aliphatic imine (C=N–C) groups is 1. The molecule has 40 heavy (non-hydrogen) atoms. The third-order valence-corrected chi connectivity index (χ3v) is 6.64. The highest BCUT2D eigenvalue weighted by Crippen LogP contribution is 2.35. The molecule has 0 bridgehead atoms. The highest BCUT2D eigenvalue weighted by molar-refractivity contribution is 5.99. The fourth-order valence-corrected chi connectivity index (χ4v) is 4.53. The van der Waals surface area contributed by atoms with Crippen molar-refractivity contribution in [3.05, 3.63) is 48.4 Å². The van der Waals surface area contributed by atoms with Crippen LogP contribution in [0.15, 0.2) is 46.3 Å². The maximum atomic E-state index is 14.6. The predicted molar refractivity (Wildman–Crippen MR) is 139 cm³/mol. The first kappa shape index (κ1) is 27.5. The van der Waals surface area contributed by atoms with Crippen LogP contribution in [0.5, 0.6) is 0 Å². The van der Waals surface area contributed by atoms with Crippen molar-refractivity contribution in [2.24, 2.45) is 4.99 Å². The maximum Gasteiger partial charge on any atom is 0.406 e. The Labute approximate surface area is 226 Å². The van der Waals surface area contributed by atoms with Crippen molar-refractivity contribution in [3.63, 3.8) is 0 Å². The zero-order valence-corrected chi connectivity index (χ0v) is 22.1. The van der Waals surface area contributed by atoms with Crippen LogP contribution in [0.25, 0.3) is 22.4 Å². The molecular formula is C26H28F4N8O2. The Morgan fingerprint density at radius 2 is 2.10 bits per heavy atom. The summed E-state index contributed by atoms with van der Waals surface area (Å²) < 4.78 is 63.5. The van der Waals surface area contributed by atoms with Gasteiger partial charge in [0.2, 0.25) is 11.7 Å². The molecule has 1 amide bonds. The molecule has 14 heteroatoms. The minimum atomic E-state index is -4.54. The van der Waals surface area contributed by atoms with Crippen LogP contribution in [-0.2, 0) is 13.1 Å². The number of amides is 1. The van der Waals surface area contributed by atoms with Crippen molar-refractivity contribution in [1.82, 2.24) is 34.5 Å². The maximum absolute atomic E-state index is 14.6. The molecule has 212 valence electrons. The van der Waals surface area contributed by atoms with E-state index in [1.165, 1.54) is 12.1 Å². The zero-order valence-electron chi connectivity index (χ0n) is 22.1. The lowest BCUT2D eigenvalue weighted by atomic mass is 10.1. The number of likely N-dealkylation sites (tertiary alicyclic amines) is 1. The van der Waals surface area contributed by atoms with E-state index < -0.39 is 24.8 Å². The summed E-state index contributed by atoms with van der Waals surface area (Å²) in [6.07, 6.45) is -2.24. The Bertz CT molecular complexity index is 1550. The van der Waals surface area contributed by atoms with Gasteiger partial charge in [-0.3, -0.25) is 9.79 Å². The molecule has 3 aromatic heterocycles. The Balaban J connectivity index is 1.44. The van der Waals surface area contributed by atoms with Crippen molar-refractivity contribution in [3.8, 4) is 11.5 Å². The average molecular weight is 561 g/mol. The molecule has 0 spiro atoms. The number of alkyl halides is 4. The summed E-state index contributed by atoms with van der Waals surface area (Å²) >= 11 is 0. The van der Waals surface area contributed by atoms with Crippen LogP contribution in [0.2, 0.25) is 0 Å². The van der Waals surface area contributed by atoms with Gasteiger partial charge in [-0.05, 0) is 39.1 Å². The average Bonchev–Trinajstić information content (AvgIpc) is 3.63. The number of halogens is 4. The number of aromatic nitrogens is 5. The Kier molecular flexibility index (Phi) is 7.45. The van der Waals surface area contributed by atoms with Crippen LogP contribution in [0.1, 0.15) is 42.7 Å². The molecule has 1 atom stereocenters. The number of hydrogen-bond acceptors (Lipinski definition) is 7. The normalized spacial score (nSPS) is 17.8. The number of benzene rings is 1. The van der Waals surface area contributed by atoms with Gasteiger partial charge in [0.25, 0.3) is 5.91 Å². The zero-order chi connectivity index (χ0) is 28.6. The first-order valence-corrected chi connectivity index (χ1v) is 12.7. The summed E-state index contributed by atoms with van der Waals surface area (Å²) in [5.74, 6) is -0.549. The molecule has 5 rings (SSSR count). The number of nitrogens with zero attached hydrogens (tertiary/aromatic N) is 7. The lowest BCUT2D eigenvalue weighted by Crippen LogP contribution is -2.39. The van der Waals surface area contributed by atoms with E-state index in [1.807, 2.05) is 25.8 Å². The van der Waals surface area contributed by atoms with E-state index >= 15 is 0 Å². The number of hydrogen-bond donors (Lipinski definition) is 1. The highest BCUT2D eigenvalue weighted by atomic mass is 19.4. The molecular weight excluding hydrogens is 532 g/mol. The van der Waals surface area contributed by atoms with Crippen LogP contribution in [-0.4, -0.2) is 73.3 Å². The van der Waals surface area contributed by atoms with E-state index in [-0.39, 0.29) is 47.8 Å². The van der Waals surface area contributed by atoms with Crippen molar-refractivity contribution in [2.45, 2.75) is 51.7 Å². The van der Waals surface area contributed by atoms with E-state index in [2.05, 4.69) is 25.4 Å². The molecule has 4 heterocycles. The summed E-state index contributed by atoms with van der Waals surface area (Å²) in [5, 5.41) is 6.89. The minimum Gasteiger partial charge on any atom is -0.342 e. The van der Waals surface area contributed by atoms with Gasteiger partial charge >= 0.3 is 6.18 Å². The summed E-state index contributed by atoms with van der Waals surface area (Å²) in [4.78, 5) is 27.1. The summed E-state index contributed by atoms with van der Waals surface area (Å²) in [6, 6.07) is 6.38. The molecule has 0 radical (unpaired) electrons. The Morgan fingerprint density at radius 3 is 2.80 bits per heavy atom. The Hall–Kier alpha value is -4.07. The third kappa shape index (κ3) is 5.91. The molecule has 0 unspecified atom stereocenters. The quantitative estimate of drug-likeness (QED) is 0.328. The van der Waals surface area contributed by atoms with Crippen LogP contribution in [0.3, 0.4) is 0 Å². The van der Waals surface area contributed by atoms with Gasteiger partial charge in [-0.2, -0.15) is 18.2 Å². The fraction of sp³-hybridized carbons (Fsp3) is 0.423. The van der Waals surface area contributed by atoms with Crippen LogP contribution >= 0.6 is 0 Å². The van der Waals surface area contributed by atoms with Crippen molar-refractivity contribution in [2.75, 3.05) is 20.1 Å². The number of carbonyl (C=O) groups is 1. The summed E-state index contributed by atoms with van der Waals surface area (Å²) in [5.41, 5.74) is 1.22. The lowest BCUT2D eigenvalue weighted by molar-refractivity contribution is -0.139. The standard InChI is InChI=1S/C26H28F4N8O2/c1-15(2)37-12-20(32-14-37)25(39)31-10-23-34-24(35-40-23)22-9-16-18(33-19-7-8-36(3)11-17(19)27)5-4-6-21(16)38(22)13-26(28,29)30/h4-6,9,12,14-15,17H,7-8,10-11,13H2,1-3H3,(H,31,39)/b33-19+/t17-/m0/s1. The highest BCUT2D eigenvalue weighted by Gasteiger charge is 2.31. The van der Waals surface area contributed by atoms with Gasteiger partial charge in [0.1, 0.15) is 12.2 Å². The SMILES string of the molecule is CC(C)n1cnc(C(=O)NCc2nc(-c3cc4c(/N=C5\CCN(C)C[C@@H]5F)cccc4n3CC(F)(F)F)no2)c1. The Morgan fingerprint density at radius 1 is 1.30 bits per heavy atom. The predicted octanol–water partition coefficient (Wildman–Crippen LogP) is 4.71. The minimum absolute atomic E-state index is 0.00233. The van der Waals surface area contributed by atoms with E-state index in [0.717, 1.165) is 4.57 Å². The monoisotopic (exact) mass is 560 g/mol. The van der Waals surface area contributed by atoms with E-state index in [1.54, 1.807) is 29.2 Å². The second kappa shape index (κ2) is 10.8. The second-order valence-corrected chi connectivity index (χ2v) is 10.0. The van der Waals surface area contributed by atoms with Crippen molar-refractivity contribution >= 4 is 28.2 Å². The van der Waals surface area contributed by atoms with Gasteiger partial charge in [-0.25, -0.2) is 9.37 Å². The topological polar surface area (TPSA) is 106 Å². The smallest absolute Gasteiger partial charge is 0.342 e. The number of fused-ring (bicyclic) bond motifs is 1. The molecule has 0 saturated carbocycles. The molecule has 1 aromatic carbocycles. The van der Waals surface area contributed by atoms with E-state index in [0.29, 0.717) is 29.8 Å². The van der Waals surface area contributed by atoms with Gasteiger partial charge in [0.05, 0.1) is 35.5 Å². The summed E-state index contributed by atoms with van der Waals surface area (Å²) in [7, 11) is 1.82. The second-order valence-electron chi connectivity index (χ2n) is 10.0. The van der Waals surface area contributed by atoms with Crippen molar-refractivity contribution < 1.29 is 26.9 Å². The lowest BCUT2D eigenvalue weighted by Gasteiger charge is -2.26. The van der Waals surface area contributed by atoms with Crippen LogP contribution in [0, 0.1) is 0 Å². The molecule has 1 aliphatic rings. The van der Waals surface area contributed by atoms with Crippen LogP contribution < -0.4 is 5.32 Å². The molecule has 0 aliphatic carbocycles. The summed E-state index contributed by atoms with van der Waals surface area (Å²) in [6.45, 7) is 3.29. The van der Waals surface area contributed by atoms with Gasteiger partial charge < -0.3 is 23.9 Å². The largest absolute Gasteiger partial charge is 0.406 e. The molecule has 1 saturated heterocycles. The van der Waals surface area contributed by atoms with Gasteiger partial charge in [0.15, 0.2) is 6.17 Å². The first-order valence-electron chi connectivity index (χ1n) is 12.7. The molecule has 10 nitrogen and oxygen atoms in total. The van der Waals surface area contributed by atoms with E-state index in [9.17, 15) is 22.4 Å². The number of rotatable bonds is 7. The number of carbonyl (C=O) groups excluding carboxylic acids is 1. The number of nitrogens with one attached hydrogen (secondary N) is 1. The molecule has 1 aliphatic heterocycles. The number of imidazole rings is 1. The first-order chi connectivity index (χ1) is 19.0.